The van der Waals surface area contributed by atoms with Crippen molar-refractivity contribution in [1.29, 1.82) is 0 Å². The summed E-state index contributed by atoms with van der Waals surface area (Å²) in [5, 5.41) is 8.19. The highest BCUT2D eigenvalue weighted by atomic mass is 32.1. The van der Waals surface area contributed by atoms with Crippen LogP contribution < -0.4 is 10.7 Å². The quantitative estimate of drug-likeness (QED) is 0.135. The summed E-state index contributed by atoms with van der Waals surface area (Å²) >= 11 is 1.42. The van der Waals surface area contributed by atoms with Crippen LogP contribution in [0.4, 0.5) is 4.79 Å². The summed E-state index contributed by atoms with van der Waals surface area (Å²) in [6.07, 6.45) is 6.98. The third-order valence-electron chi connectivity index (χ3n) is 14.8. The third-order valence-corrected chi connectivity index (χ3v) is 15.7. The van der Waals surface area contributed by atoms with E-state index in [1.807, 2.05) is 37.1 Å². The smallest absolute Gasteiger partial charge is 0.324 e. The molecule has 1 unspecified atom stereocenters. The fourth-order valence-corrected chi connectivity index (χ4v) is 11.8. The van der Waals surface area contributed by atoms with Crippen molar-refractivity contribution >= 4 is 52.0 Å². The lowest BCUT2D eigenvalue weighted by atomic mass is 9.78. The number of esters is 1. The van der Waals surface area contributed by atoms with Crippen LogP contribution >= 0.6 is 11.3 Å². The Morgan fingerprint density at radius 2 is 1.83 bits per heavy atom. The number of thiazole rings is 1. The molecule has 2 N–H and O–H groups in total. The zero-order chi connectivity index (χ0) is 49.4. The molecular formula is C52H69N9O7S. The van der Waals surface area contributed by atoms with Crippen LogP contribution in [0.5, 0.6) is 0 Å². The lowest BCUT2D eigenvalue weighted by molar-refractivity contribution is -0.155. The van der Waals surface area contributed by atoms with Gasteiger partial charge in [0.25, 0.3) is 5.91 Å². The maximum Gasteiger partial charge on any atom is 0.324 e. The number of hydrogen-bond donors (Lipinski definition) is 2. The molecule has 3 fully saturated rings. The van der Waals surface area contributed by atoms with Crippen molar-refractivity contribution < 1.29 is 33.4 Å². The van der Waals surface area contributed by atoms with Crippen LogP contribution in [0.3, 0.4) is 0 Å². The van der Waals surface area contributed by atoms with E-state index in [2.05, 4.69) is 66.9 Å². The van der Waals surface area contributed by atoms with Gasteiger partial charge < -0.3 is 34.1 Å². The van der Waals surface area contributed by atoms with Gasteiger partial charge in [-0.15, -0.1) is 11.3 Å². The number of methoxy groups -OCH3 is 1. The number of ether oxygens (including phenoxy) is 2. The lowest BCUT2D eigenvalue weighted by Crippen LogP contribution is -2.62. The summed E-state index contributed by atoms with van der Waals surface area (Å²) in [7, 11) is 3.34. The van der Waals surface area contributed by atoms with Crippen LogP contribution in [0, 0.1) is 16.7 Å². The van der Waals surface area contributed by atoms with Crippen LogP contribution in [-0.2, 0) is 48.0 Å². The van der Waals surface area contributed by atoms with Gasteiger partial charge in [-0.3, -0.25) is 29.2 Å². The zero-order valence-electron chi connectivity index (χ0n) is 41.5. The number of amides is 5. The van der Waals surface area contributed by atoms with Crippen LogP contribution in [0.1, 0.15) is 96.0 Å². The summed E-state index contributed by atoms with van der Waals surface area (Å²) in [6.45, 7) is 19.3. The van der Waals surface area contributed by atoms with E-state index in [-0.39, 0.29) is 42.4 Å². The molecule has 1 aromatic carbocycles. The number of benzene rings is 1. The number of likely N-dealkylation sites (tertiary alicyclic amines) is 2. The zero-order valence-corrected chi connectivity index (χ0v) is 42.3. The Labute approximate surface area is 409 Å². The van der Waals surface area contributed by atoms with Gasteiger partial charge in [0.2, 0.25) is 11.8 Å². The van der Waals surface area contributed by atoms with E-state index in [4.69, 9.17) is 19.4 Å². The Balaban J connectivity index is 1.11. The maximum absolute atomic E-state index is 14.7. The maximum atomic E-state index is 14.7. The van der Waals surface area contributed by atoms with Gasteiger partial charge in [0, 0.05) is 98.9 Å². The number of aromatic nitrogens is 3. The van der Waals surface area contributed by atoms with Crippen molar-refractivity contribution in [3.05, 3.63) is 70.8 Å². The van der Waals surface area contributed by atoms with Crippen LogP contribution in [0.2, 0.25) is 0 Å². The Morgan fingerprint density at radius 3 is 2.52 bits per heavy atom. The lowest BCUT2D eigenvalue weighted by Gasteiger charge is -2.42. The standard InChI is InChI=1S/C52H69N9O7S/c1-10-43(62)59-25-20-52(30-59)18-23-58(24-19-52)50(66)57(8)45(32(3)4)47(63)55-39-27-42-54-40(29-69-42)34-16-17-41-36(26-34)37(46(60(41)11-2)35-14-12-21-53-44(35)33(5)67-9)28-51(6,7)31-68-49(65)38-15-13-22-61(56-38)48(39)64/h10,12,14,16-17,21,26,29,32-33,38-39,45,56H,1,11,13,15,18-20,22-25,27-28,30-31H2,2-9H3,(H,55,63)/t33-,38-,39?,45-/m0/s1. The molecule has 1 spiro atoms. The molecule has 0 saturated carbocycles. The molecule has 6 bridgehead atoms. The number of rotatable bonds is 9. The van der Waals surface area contributed by atoms with Crippen molar-refractivity contribution in [2.75, 3.05) is 53.5 Å². The average Bonchev–Trinajstić information content (AvgIpc) is 4.07. The van der Waals surface area contributed by atoms with E-state index in [0.717, 1.165) is 63.9 Å². The number of likely N-dealkylation sites (N-methyl/N-ethyl adjacent to an activating group) is 1. The topological polar surface area (TPSA) is 172 Å². The Kier molecular flexibility index (Phi) is 14.7. The SMILES string of the molecule is C=CC(=O)N1CCC2(CCN(C(=O)N(C)[C@H](C(=O)NC3Cc4nc(cs4)-c4ccc5c(c4)c(c(-c4cccnc4[C@H](C)OC)n5CC)CC(C)(C)COC(=O)[C@@H]4CCCN(N4)C3=O)C(C)C)CC2)C1. The number of aryl methyl sites for hydroxylation is 1. The molecule has 0 radical (unpaired) electrons. The summed E-state index contributed by atoms with van der Waals surface area (Å²) in [5.41, 5.74) is 9.28. The molecule has 4 aliphatic heterocycles. The minimum atomic E-state index is -1.07. The molecule has 4 aliphatic rings. The van der Waals surface area contributed by atoms with Crippen LogP contribution in [-0.4, -0.2) is 136 Å². The second-order valence-corrected chi connectivity index (χ2v) is 21.5. The van der Waals surface area contributed by atoms with Gasteiger partial charge in [-0.1, -0.05) is 40.3 Å². The number of nitrogens with zero attached hydrogens (tertiary/aromatic N) is 7. The molecule has 3 aromatic heterocycles. The number of cyclic esters (lactones) is 1. The van der Waals surface area contributed by atoms with Gasteiger partial charge in [-0.25, -0.2) is 15.2 Å². The van der Waals surface area contributed by atoms with Crippen molar-refractivity contribution in [2.45, 2.75) is 117 Å². The van der Waals surface area contributed by atoms with E-state index in [1.165, 1.54) is 27.3 Å². The summed E-state index contributed by atoms with van der Waals surface area (Å²) in [5.74, 6) is -1.68. The fraction of sp³-hybridized carbons (Fsp3) is 0.558. The first-order valence-electron chi connectivity index (χ1n) is 24.5. The molecule has 7 heterocycles. The van der Waals surface area contributed by atoms with E-state index in [1.54, 1.807) is 25.3 Å². The number of carbonyl (C=O) groups is 5. The number of urea groups is 1. The van der Waals surface area contributed by atoms with Gasteiger partial charge >= 0.3 is 12.0 Å². The Bertz CT molecular complexity index is 2600. The summed E-state index contributed by atoms with van der Waals surface area (Å²) in [4.78, 5) is 84.8. The molecule has 370 valence electrons. The summed E-state index contributed by atoms with van der Waals surface area (Å²) in [6, 6.07) is 7.44. The van der Waals surface area contributed by atoms with E-state index in [9.17, 15) is 24.0 Å². The molecular weight excluding hydrogens is 895 g/mol. The molecule has 5 amide bonds. The van der Waals surface area contributed by atoms with E-state index < -0.39 is 41.3 Å². The molecule has 17 heteroatoms. The molecule has 4 aromatic rings. The van der Waals surface area contributed by atoms with Gasteiger partial charge in [-0.2, -0.15) is 0 Å². The van der Waals surface area contributed by atoms with E-state index >= 15 is 0 Å². The predicted molar refractivity (Wildman–Crippen MR) is 266 cm³/mol. The van der Waals surface area contributed by atoms with Gasteiger partial charge in [0.1, 0.15) is 18.1 Å². The first-order valence-corrected chi connectivity index (χ1v) is 25.4. The number of hydrogen-bond acceptors (Lipinski definition) is 11. The number of piperidine rings is 1. The number of fused-ring (bicyclic) bond motifs is 6. The minimum absolute atomic E-state index is 0.0371. The Hall–Kier alpha value is -5.65. The molecule has 3 saturated heterocycles. The van der Waals surface area contributed by atoms with Gasteiger partial charge in [-0.05, 0) is 99.6 Å². The second kappa shape index (κ2) is 20.4. The fourth-order valence-electron chi connectivity index (χ4n) is 10.9. The van der Waals surface area contributed by atoms with Crippen LogP contribution in [0.25, 0.3) is 33.4 Å². The number of pyridine rings is 1. The Morgan fingerprint density at radius 1 is 1.09 bits per heavy atom. The molecule has 16 nitrogen and oxygen atoms in total. The van der Waals surface area contributed by atoms with Crippen molar-refractivity contribution in [3.63, 3.8) is 0 Å². The molecule has 69 heavy (non-hydrogen) atoms. The highest BCUT2D eigenvalue weighted by Crippen LogP contribution is 2.43. The van der Waals surface area contributed by atoms with Gasteiger partial charge in [0.15, 0.2) is 0 Å². The van der Waals surface area contributed by atoms with Gasteiger partial charge in [0.05, 0.1) is 34.8 Å². The first kappa shape index (κ1) is 49.8. The van der Waals surface area contributed by atoms with Crippen molar-refractivity contribution in [3.8, 4) is 22.5 Å². The highest BCUT2D eigenvalue weighted by Gasteiger charge is 2.44. The predicted octanol–water partition coefficient (Wildman–Crippen LogP) is 6.78. The molecule has 4 atom stereocenters. The second-order valence-electron chi connectivity index (χ2n) is 20.6. The molecule has 8 rings (SSSR count). The van der Waals surface area contributed by atoms with Crippen LogP contribution in [0.15, 0.2) is 54.6 Å². The highest BCUT2D eigenvalue weighted by molar-refractivity contribution is 7.10. The number of carbonyl (C=O) groups excluding carboxylic acids is 5. The third kappa shape index (κ3) is 10.2. The summed E-state index contributed by atoms with van der Waals surface area (Å²) < 4.78 is 14.3. The normalized spacial score (nSPS) is 21.5. The van der Waals surface area contributed by atoms with Crippen molar-refractivity contribution in [1.82, 2.24) is 45.0 Å². The largest absolute Gasteiger partial charge is 0.464 e. The minimum Gasteiger partial charge on any atom is -0.464 e. The monoisotopic (exact) mass is 964 g/mol. The first-order chi connectivity index (χ1) is 33.0. The average molecular weight is 964 g/mol. The number of nitrogens with one attached hydrogen (secondary N) is 2. The molecule has 0 aliphatic carbocycles. The van der Waals surface area contributed by atoms with E-state index in [0.29, 0.717) is 63.5 Å². The van der Waals surface area contributed by atoms with Crippen molar-refractivity contribution in [2.24, 2.45) is 16.7 Å². The number of hydrazine groups is 1.